The second-order valence-electron chi connectivity index (χ2n) is 6.03. The van der Waals surface area contributed by atoms with Gasteiger partial charge in [0.1, 0.15) is 0 Å². The molecule has 5 atom stereocenters. The molecule has 6 nitrogen and oxygen atoms in total. The minimum Gasteiger partial charge on any atom is -0.274 e. The zero-order valence-corrected chi connectivity index (χ0v) is 11.6. The zero-order chi connectivity index (χ0) is 13.9. The van der Waals surface area contributed by atoms with Crippen LogP contribution in [0.2, 0.25) is 0 Å². The van der Waals surface area contributed by atoms with Crippen molar-refractivity contribution in [2.24, 2.45) is 29.6 Å². The maximum Gasteiger partial charge on any atom is 0.283 e. The standard InChI is InChI=1S/C13H15N3O3S/c17-13(12-10-7-1-2-8(5-7)11(10)12)16-20(18,19)9-6-14-3-4-15-9/h3-4,6-8,10-12H,1-2,5H2,(H,16,17)/t7-,8-,10-,11+,12?/m0/s1. The first-order valence-corrected chi connectivity index (χ1v) is 8.39. The number of aromatic nitrogens is 2. The molecule has 0 spiro atoms. The Hall–Kier alpha value is -1.50. The van der Waals surface area contributed by atoms with Crippen molar-refractivity contribution < 1.29 is 13.2 Å². The van der Waals surface area contributed by atoms with Crippen molar-refractivity contribution in [2.75, 3.05) is 0 Å². The SMILES string of the molecule is O=C(NS(=O)(=O)c1cnccn1)C1[C@@H]2[C@H]3CC[C@@H](C3)[C@H]12. The van der Waals surface area contributed by atoms with Gasteiger partial charge in [-0.2, -0.15) is 8.42 Å². The molecule has 7 heteroatoms. The maximum absolute atomic E-state index is 12.2. The Bertz CT molecular complexity index is 645. The van der Waals surface area contributed by atoms with E-state index in [0.717, 1.165) is 6.20 Å². The summed E-state index contributed by atoms with van der Waals surface area (Å²) in [6.07, 6.45) is 7.47. The average Bonchev–Trinajstić information content (AvgIpc) is 2.89. The highest BCUT2D eigenvalue weighted by atomic mass is 32.2. The van der Waals surface area contributed by atoms with Gasteiger partial charge < -0.3 is 0 Å². The Morgan fingerprint density at radius 3 is 2.50 bits per heavy atom. The number of nitrogens with zero attached hydrogens (tertiary/aromatic N) is 2. The number of rotatable bonds is 3. The van der Waals surface area contributed by atoms with Gasteiger partial charge >= 0.3 is 0 Å². The van der Waals surface area contributed by atoms with Crippen LogP contribution in [0.5, 0.6) is 0 Å². The Kier molecular flexibility index (Phi) is 2.45. The monoisotopic (exact) mass is 293 g/mol. The largest absolute Gasteiger partial charge is 0.283 e. The lowest BCUT2D eigenvalue weighted by atomic mass is 10.0. The molecule has 1 aromatic heterocycles. The molecule has 1 amide bonds. The highest BCUT2D eigenvalue weighted by Gasteiger charge is 2.67. The van der Waals surface area contributed by atoms with Crippen molar-refractivity contribution >= 4 is 15.9 Å². The summed E-state index contributed by atoms with van der Waals surface area (Å²) in [6, 6.07) is 0. The third-order valence-corrected chi connectivity index (χ3v) is 6.32. The highest BCUT2D eigenvalue weighted by Crippen LogP contribution is 2.69. The highest BCUT2D eigenvalue weighted by molar-refractivity contribution is 7.90. The fourth-order valence-electron chi connectivity index (χ4n) is 4.35. The third kappa shape index (κ3) is 1.69. The van der Waals surface area contributed by atoms with Crippen LogP contribution in [-0.4, -0.2) is 24.3 Å². The van der Waals surface area contributed by atoms with Crippen LogP contribution in [0.3, 0.4) is 0 Å². The number of carbonyl (C=O) groups is 1. The predicted molar refractivity (Wildman–Crippen MR) is 68.7 cm³/mol. The normalized spacial score (nSPS) is 37.5. The van der Waals surface area contributed by atoms with E-state index in [0.29, 0.717) is 23.7 Å². The van der Waals surface area contributed by atoms with Gasteiger partial charge in [0.15, 0.2) is 5.03 Å². The molecule has 106 valence electrons. The van der Waals surface area contributed by atoms with Crippen molar-refractivity contribution in [3.05, 3.63) is 18.6 Å². The Balaban J connectivity index is 1.49. The minimum atomic E-state index is -3.88. The number of hydrogen-bond acceptors (Lipinski definition) is 5. The van der Waals surface area contributed by atoms with Gasteiger partial charge in [0.2, 0.25) is 5.91 Å². The molecule has 0 radical (unpaired) electrons. The fraction of sp³-hybridized carbons (Fsp3) is 0.615. The van der Waals surface area contributed by atoms with Gasteiger partial charge in [-0.1, -0.05) is 0 Å². The van der Waals surface area contributed by atoms with Gasteiger partial charge in [-0.25, -0.2) is 9.71 Å². The summed E-state index contributed by atoms with van der Waals surface area (Å²) in [5.41, 5.74) is 0. The summed E-state index contributed by atoms with van der Waals surface area (Å²) < 4.78 is 26.2. The summed E-state index contributed by atoms with van der Waals surface area (Å²) in [7, 11) is -3.88. The first kappa shape index (κ1) is 12.3. The van der Waals surface area contributed by atoms with E-state index in [4.69, 9.17) is 0 Å². The van der Waals surface area contributed by atoms with Crippen LogP contribution in [0, 0.1) is 29.6 Å². The van der Waals surface area contributed by atoms with Gasteiger partial charge in [-0.05, 0) is 42.9 Å². The molecule has 3 saturated carbocycles. The van der Waals surface area contributed by atoms with Crippen LogP contribution in [0.4, 0.5) is 0 Å². The third-order valence-electron chi connectivity index (χ3n) is 5.09. The number of nitrogens with one attached hydrogen (secondary N) is 1. The van der Waals surface area contributed by atoms with E-state index in [2.05, 4.69) is 14.7 Å². The smallest absolute Gasteiger partial charge is 0.274 e. The number of sulfonamides is 1. The van der Waals surface area contributed by atoms with Crippen molar-refractivity contribution in [1.29, 1.82) is 0 Å². The van der Waals surface area contributed by atoms with E-state index >= 15 is 0 Å². The molecular formula is C13H15N3O3S. The second-order valence-corrected chi connectivity index (χ2v) is 7.66. The Morgan fingerprint density at radius 1 is 1.20 bits per heavy atom. The molecule has 0 saturated heterocycles. The van der Waals surface area contributed by atoms with E-state index < -0.39 is 10.0 Å². The van der Waals surface area contributed by atoms with Gasteiger partial charge in [0.25, 0.3) is 10.0 Å². The lowest BCUT2D eigenvalue weighted by Gasteiger charge is -2.09. The summed E-state index contributed by atoms with van der Waals surface area (Å²) in [4.78, 5) is 19.6. The molecule has 3 aliphatic rings. The van der Waals surface area contributed by atoms with Crippen molar-refractivity contribution in [3.8, 4) is 0 Å². The first-order valence-electron chi connectivity index (χ1n) is 6.90. The summed E-state index contributed by atoms with van der Waals surface area (Å²) in [6.45, 7) is 0. The lowest BCUT2D eigenvalue weighted by Crippen LogP contribution is -2.34. The number of hydrogen-bond donors (Lipinski definition) is 1. The van der Waals surface area contributed by atoms with Crippen LogP contribution >= 0.6 is 0 Å². The molecule has 0 aliphatic heterocycles. The molecule has 2 bridgehead atoms. The minimum absolute atomic E-state index is 0.104. The quantitative estimate of drug-likeness (QED) is 0.880. The van der Waals surface area contributed by atoms with Crippen molar-refractivity contribution in [1.82, 2.24) is 14.7 Å². The first-order chi connectivity index (χ1) is 9.58. The van der Waals surface area contributed by atoms with Gasteiger partial charge in [0.05, 0.1) is 6.20 Å². The molecular weight excluding hydrogens is 278 g/mol. The molecule has 1 N–H and O–H groups in total. The molecule has 1 aromatic rings. The Morgan fingerprint density at radius 2 is 1.90 bits per heavy atom. The van der Waals surface area contributed by atoms with Crippen LogP contribution < -0.4 is 4.72 Å². The van der Waals surface area contributed by atoms with Crippen LogP contribution in [0.1, 0.15) is 19.3 Å². The van der Waals surface area contributed by atoms with Gasteiger partial charge in [-0.15, -0.1) is 0 Å². The van der Waals surface area contributed by atoms with E-state index in [1.165, 1.54) is 31.7 Å². The van der Waals surface area contributed by atoms with E-state index in [1.807, 2.05) is 0 Å². The molecule has 1 unspecified atom stereocenters. The molecule has 0 aromatic carbocycles. The molecule has 1 heterocycles. The van der Waals surface area contributed by atoms with Crippen molar-refractivity contribution in [2.45, 2.75) is 24.3 Å². The average molecular weight is 293 g/mol. The fourth-order valence-corrected chi connectivity index (χ4v) is 5.26. The van der Waals surface area contributed by atoms with E-state index in [-0.39, 0.29) is 16.9 Å². The second kappa shape index (κ2) is 4.00. The van der Waals surface area contributed by atoms with Gasteiger partial charge in [0, 0.05) is 18.3 Å². The van der Waals surface area contributed by atoms with Crippen LogP contribution in [0.15, 0.2) is 23.6 Å². The maximum atomic E-state index is 12.2. The molecule has 3 fully saturated rings. The molecule has 20 heavy (non-hydrogen) atoms. The summed E-state index contributed by atoms with van der Waals surface area (Å²) in [5, 5.41) is -0.206. The van der Waals surface area contributed by atoms with E-state index in [9.17, 15) is 13.2 Å². The molecule has 4 rings (SSSR count). The zero-order valence-electron chi connectivity index (χ0n) is 10.8. The van der Waals surface area contributed by atoms with Crippen LogP contribution in [-0.2, 0) is 14.8 Å². The summed E-state index contributed by atoms with van der Waals surface area (Å²) in [5.74, 6) is 1.66. The predicted octanol–water partition coefficient (Wildman–Crippen LogP) is 0.574. The number of fused-ring (bicyclic) bond motifs is 5. The summed E-state index contributed by atoms with van der Waals surface area (Å²) >= 11 is 0. The van der Waals surface area contributed by atoms with Crippen LogP contribution in [0.25, 0.3) is 0 Å². The molecule has 3 aliphatic carbocycles. The Labute approximate surface area is 117 Å². The van der Waals surface area contributed by atoms with Gasteiger partial charge in [-0.3, -0.25) is 9.78 Å². The van der Waals surface area contributed by atoms with Crippen molar-refractivity contribution in [3.63, 3.8) is 0 Å². The van der Waals surface area contributed by atoms with E-state index in [1.54, 1.807) is 0 Å². The lowest BCUT2D eigenvalue weighted by molar-refractivity contribution is -0.121. The topological polar surface area (TPSA) is 89.0 Å². The number of amides is 1. The number of carbonyl (C=O) groups excluding carboxylic acids is 1.